The van der Waals surface area contributed by atoms with Crippen LogP contribution in [0.25, 0.3) is 10.1 Å². The van der Waals surface area contributed by atoms with Gasteiger partial charge in [0.2, 0.25) is 0 Å². The molecule has 2 saturated carbocycles. The fraction of sp³-hybridized carbons (Fsp3) is 0.500. The van der Waals surface area contributed by atoms with E-state index in [1.165, 1.54) is 47.9 Å². The van der Waals surface area contributed by atoms with Gasteiger partial charge in [0.1, 0.15) is 0 Å². The molecule has 2 aromatic rings. The van der Waals surface area contributed by atoms with Gasteiger partial charge in [0.25, 0.3) is 0 Å². The molecular formula is C16H19NS. The van der Waals surface area contributed by atoms with Crippen molar-refractivity contribution in [2.75, 3.05) is 6.54 Å². The molecule has 0 saturated heterocycles. The van der Waals surface area contributed by atoms with E-state index in [1.807, 2.05) is 11.3 Å². The SMILES string of the molecule is c1ccc2c(CNCC3(C4CC4)CC3)csc2c1. The average molecular weight is 257 g/mol. The van der Waals surface area contributed by atoms with Crippen molar-refractivity contribution in [3.8, 4) is 0 Å². The highest BCUT2D eigenvalue weighted by atomic mass is 32.1. The summed E-state index contributed by atoms with van der Waals surface area (Å²) in [6, 6.07) is 8.74. The molecule has 1 N–H and O–H groups in total. The molecule has 0 spiro atoms. The molecule has 4 rings (SSSR count). The highest BCUT2D eigenvalue weighted by Crippen LogP contribution is 2.60. The highest BCUT2D eigenvalue weighted by molar-refractivity contribution is 7.17. The van der Waals surface area contributed by atoms with E-state index in [1.54, 1.807) is 0 Å². The Kier molecular flexibility index (Phi) is 2.49. The van der Waals surface area contributed by atoms with Crippen molar-refractivity contribution >= 4 is 21.4 Å². The first-order chi connectivity index (χ1) is 8.87. The summed E-state index contributed by atoms with van der Waals surface area (Å²) < 4.78 is 1.41. The topological polar surface area (TPSA) is 12.0 Å². The largest absolute Gasteiger partial charge is 0.312 e. The van der Waals surface area contributed by atoms with E-state index in [2.05, 4.69) is 35.0 Å². The molecule has 2 aliphatic rings. The van der Waals surface area contributed by atoms with Gasteiger partial charge in [0.05, 0.1) is 0 Å². The Morgan fingerprint density at radius 1 is 1.22 bits per heavy atom. The molecule has 1 aromatic heterocycles. The van der Waals surface area contributed by atoms with E-state index in [0.29, 0.717) is 5.41 Å². The lowest BCUT2D eigenvalue weighted by Crippen LogP contribution is -2.24. The molecule has 2 aliphatic carbocycles. The van der Waals surface area contributed by atoms with E-state index in [0.717, 1.165) is 12.5 Å². The van der Waals surface area contributed by atoms with Crippen LogP contribution in [-0.4, -0.2) is 6.54 Å². The maximum atomic E-state index is 3.71. The second kappa shape index (κ2) is 4.07. The summed E-state index contributed by atoms with van der Waals surface area (Å²) in [7, 11) is 0. The van der Waals surface area contributed by atoms with Gasteiger partial charge >= 0.3 is 0 Å². The fourth-order valence-electron chi connectivity index (χ4n) is 3.20. The minimum Gasteiger partial charge on any atom is -0.312 e. The first-order valence-electron chi connectivity index (χ1n) is 7.03. The molecule has 0 bridgehead atoms. The first-order valence-corrected chi connectivity index (χ1v) is 7.91. The maximum Gasteiger partial charge on any atom is 0.0346 e. The minimum atomic E-state index is 0.714. The molecule has 0 amide bonds. The molecule has 0 radical (unpaired) electrons. The molecule has 94 valence electrons. The molecule has 0 unspecified atom stereocenters. The molecule has 1 aromatic carbocycles. The van der Waals surface area contributed by atoms with Crippen LogP contribution in [0, 0.1) is 11.3 Å². The summed E-state index contributed by atoms with van der Waals surface area (Å²) in [6.45, 7) is 2.28. The lowest BCUT2D eigenvalue weighted by molar-refractivity contribution is 0.404. The second-order valence-corrected chi connectivity index (χ2v) is 6.91. The van der Waals surface area contributed by atoms with Gasteiger partial charge in [-0.2, -0.15) is 0 Å². The van der Waals surface area contributed by atoms with Gasteiger partial charge < -0.3 is 5.32 Å². The van der Waals surface area contributed by atoms with E-state index in [9.17, 15) is 0 Å². The van der Waals surface area contributed by atoms with Crippen molar-refractivity contribution in [2.24, 2.45) is 11.3 Å². The zero-order chi connectivity index (χ0) is 12.0. The summed E-state index contributed by atoms with van der Waals surface area (Å²) in [6.07, 6.45) is 5.91. The molecular weight excluding hydrogens is 238 g/mol. The molecule has 2 fully saturated rings. The van der Waals surface area contributed by atoms with Crippen molar-refractivity contribution in [3.63, 3.8) is 0 Å². The predicted molar refractivity (Wildman–Crippen MR) is 77.9 cm³/mol. The number of fused-ring (bicyclic) bond motifs is 1. The molecule has 18 heavy (non-hydrogen) atoms. The Labute approximate surface area is 112 Å². The van der Waals surface area contributed by atoms with Crippen LogP contribution < -0.4 is 5.32 Å². The zero-order valence-corrected chi connectivity index (χ0v) is 11.4. The van der Waals surface area contributed by atoms with Crippen LogP contribution in [0.2, 0.25) is 0 Å². The third-order valence-electron chi connectivity index (χ3n) is 4.69. The van der Waals surface area contributed by atoms with Crippen LogP contribution in [0.3, 0.4) is 0 Å². The van der Waals surface area contributed by atoms with Gasteiger partial charge in [-0.15, -0.1) is 11.3 Å². The monoisotopic (exact) mass is 257 g/mol. The van der Waals surface area contributed by atoms with Gasteiger partial charge in [-0.1, -0.05) is 18.2 Å². The normalized spacial score (nSPS) is 21.3. The lowest BCUT2D eigenvalue weighted by Gasteiger charge is -2.14. The van der Waals surface area contributed by atoms with Crippen molar-refractivity contribution in [1.29, 1.82) is 0 Å². The summed E-state index contributed by atoms with van der Waals surface area (Å²) >= 11 is 1.87. The van der Waals surface area contributed by atoms with Gasteiger partial charge in [0.15, 0.2) is 0 Å². The van der Waals surface area contributed by atoms with E-state index in [-0.39, 0.29) is 0 Å². The third-order valence-corrected chi connectivity index (χ3v) is 5.70. The highest BCUT2D eigenvalue weighted by Gasteiger charge is 2.53. The Balaban J connectivity index is 1.42. The summed E-state index contributed by atoms with van der Waals surface area (Å²) in [5.74, 6) is 1.06. The van der Waals surface area contributed by atoms with Crippen LogP contribution in [-0.2, 0) is 6.54 Å². The maximum absolute atomic E-state index is 3.71. The van der Waals surface area contributed by atoms with Gasteiger partial charge in [0, 0.05) is 17.8 Å². The average Bonchev–Trinajstić information content (AvgIpc) is 3.28. The van der Waals surface area contributed by atoms with Gasteiger partial charge in [-0.3, -0.25) is 0 Å². The van der Waals surface area contributed by atoms with Crippen molar-refractivity contribution < 1.29 is 0 Å². The quantitative estimate of drug-likeness (QED) is 0.847. The smallest absolute Gasteiger partial charge is 0.0346 e. The number of thiophene rings is 1. The number of hydrogen-bond donors (Lipinski definition) is 1. The van der Waals surface area contributed by atoms with E-state index in [4.69, 9.17) is 0 Å². The lowest BCUT2D eigenvalue weighted by atomic mass is 10.0. The van der Waals surface area contributed by atoms with E-state index < -0.39 is 0 Å². The number of hydrogen-bond acceptors (Lipinski definition) is 2. The molecule has 1 nitrogen and oxygen atoms in total. The van der Waals surface area contributed by atoms with Crippen LogP contribution in [0.4, 0.5) is 0 Å². The first kappa shape index (κ1) is 11.0. The van der Waals surface area contributed by atoms with Crippen molar-refractivity contribution in [1.82, 2.24) is 5.32 Å². The zero-order valence-electron chi connectivity index (χ0n) is 10.6. The van der Waals surface area contributed by atoms with Crippen LogP contribution in [0.5, 0.6) is 0 Å². The Hall–Kier alpha value is -0.860. The summed E-state index contributed by atoms with van der Waals surface area (Å²) in [5.41, 5.74) is 2.19. The molecule has 0 atom stereocenters. The molecule has 1 heterocycles. The summed E-state index contributed by atoms with van der Waals surface area (Å²) in [5, 5.41) is 7.46. The standard InChI is InChI=1S/C16H19NS/c1-2-4-15-14(3-1)12(10-18-15)9-17-11-16(7-8-16)13-5-6-13/h1-4,10,13,17H,5-9,11H2. The Bertz CT molecular complexity index is 563. The van der Waals surface area contributed by atoms with Gasteiger partial charge in [-0.25, -0.2) is 0 Å². The fourth-order valence-corrected chi connectivity index (χ4v) is 4.16. The van der Waals surface area contributed by atoms with Crippen LogP contribution in [0.1, 0.15) is 31.2 Å². The molecule has 0 aliphatic heterocycles. The predicted octanol–water partition coefficient (Wildman–Crippen LogP) is 4.18. The minimum absolute atomic E-state index is 0.714. The van der Waals surface area contributed by atoms with E-state index >= 15 is 0 Å². The number of benzene rings is 1. The Morgan fingerprint density at radius 2 is 2.06 bits per heavy atom. The van der Waals surface area contributed by atoms with Crippen molar-refractivity contribution in [3.05, 3.63) is 35.2 Å². The number of rotatable bonds is 5. The molecule has 2 heteroatoms. The third kappa shape index (κ3) is 1.88. The number of nitrogens with one attached hydrogen (secondary N) is 1. The Morgan fingerprint density at radius 3 is 2.83 bits per heavy atom. The second-order valence-electron chi connectivity index (χ2n) is 6.00. The van der Waals surface area contributed by atoms with Crippen LogP contribution >= 0.6 is 11.3 Å². The van der Waals surface area contributed by atoms with Crippen molar-refractivity contribution in [2.45, 2.75) is 32.2 Å². The summed E-state index contributed by atoms with van der Waals surface area (Å²) in [4.78, 5) is 0. The van der Waals surface area contributed by atoms with Gasteiger partial charge in [-0.05, 0) is 59.4 Å². The van der Waals surface area contributed by atoms with Crippen LogP contribution in [0.15, 0.2) is 29.6 Å².